The van der Waals surface area contributed by atoms with E-state index < -0.39 is 0 Å². The maximum absolute atomic E-state index is 5.83. The van der Waals surface area contributed by atoms with Crippen molar-refractivity contribution in [2.45, 2.75) is 27.3 Å². The Balaban J connectivity index is 1.99. The third-order valence-corrected chi connectivity index (χ3v) is 2.86. The van der Waals surface area contributed by atoms with Gasteiger partial charge >= 0.3 is 0 Å². The number of aromatic nitrogens is 1. The maximum Gasteiger partial charge on any atom is 0.193 e. The van der Waals surface area contributed by atoms with Crippen LogP contribution < -0.4 is 11.1 Å². The molecule has 5 heteroatoms. The lowest BCUT2D eigenvalue weighted by Crippen LogP contribution is -2.22. The van der Waals surface area contributed by atoms with Crippen molar-refractivity contribution in [2.75, 3.05) is 5.32 Å². The molecule has 0 atom stereocenters. The molecule has 1 aromatic carbocycles. The minimum atomic E-state index is 0.359. The van der Waals surface area contributed by atoms with Gasteiger partial charge in [0.2, 0.25) is 0 Å². The maximum atomic E-state index is 5.83. The molecule has 1 heterocycles. The van der Waals surface area contributed by atoms with Gasteiger partial charge in [0, 0.05) is 11.8 Å². The molecule has 0 aliphatic rings. The molecule has 0 unspecified atom stereocenters. The van der Waals surface area contributed by atoms with E-state index >= 15 is 0 Å². The van der Waals surface area contributed by atoms with E-state index in [1.54, 1.807) is 0 Å². The molecule has 100 valence electrons. The second-order valence-electron chi connectivity index (χ2n) is 4.56. The molecule has 0 saturated carbocycles. The highest BCUT2D eigenvalue weighted by molar-refractivity contribution is 5.92. The van der Waals surface area contributed by atoms with E-state index in [9.17, 15) is 0 Å². The van der Waals surface area contributed by atoms with Crippen LogP contribution in [0.25, 0.3) is 0 Å². The van der Waals surface area contributed by atoms with Crippen LogP contribution >= 0.6 is 0 Å². The zero-order valence-corrected chi connectivity index (χ0v) is 11.4. The summed E-state index contributed by atoms with van der Waals surface area (Å²) in [5, 5.41) is 6.85. The van der Waals surface area contributed by atoms with E-state index in [2.05, 4.69) is 29.3 Å². The first-order chi connectivity index (χ1) is 9.04. The fourth-order valence-corrected chi connectivity index (χ4v) is 1.66. The second-order valence-corrected chi connectivity index (χ2v) is 4.56. The predicted octanol–water partition coefficient (Wildman–Crippen LogP) is 2.53. The molecule has 0 amide bonds. The number of aliphatic imine (C=N–C) groups is 1. The number of anilines is 1. The molecule has 1 aromatic heterocycles. The van der Waals surface area contributed by atoms with Crippen LogP contribution in [0.3, 0.4) is 0 Å². The fourth-order valence-electron chi connectivity index (χ4n) is 1.66. The Hall–Kier alpha value is -2.30. The summed E-state index contributed by atoms with van der Waals surface area (Å²) in [6, 6.07) is 7.90. The molecule has 0 spiro atoms. The number of hydrogen-bond donors (Lipinski definition) is 2. The van der Waals surface area contributed by atoms with Crippen molar-refractivity contribution in [3.05, 3.63) is 46.8 Å². The Morgan fingerprint density at radius 2 is 2.05 bits per heavy atom. The molecule has 5 nitrogen and oxygen atoms in total. The van der Waals surface area contributed by atoms with Crippen LogP contribution in [-0.2, 0) is 6.54 Å². The summed E-state index contributed by atoms with van der Waals surface area (Å²) < 4.78 is 5.06. The molecule has 3 N–H and O–H groups in total. The normalized spacial score (nSPS) is 11.6. The minimum absolute atomic E-state index is 0.359. The SMILES string of the molecule is Cc1cc(CN=C(N)Nc2ccc(C)c(C)c2)on1. The van der Waals surface area contributed by atoms with E-state index in [0.717, 1.165) is 11.4 Å². The van der Waals surface area contributed by atoms with Gasteiger partial charge in [0.1, 0.15) is 6.54 Å². The summed E-state index contributed by atoms with van der Waals surface area (Å²) in [5.74, 6) is 1.06. The van der Waals surface area contributed by atoms with Gasteiger partial charge < -0.3 is 15.6 Å². The number of nitrogens with zero attached hydrogens (tertiary/aromatic N) is 2. The van der Waals surface area contributed by atoms with Crippen LogP contribution in [0.5, 0.6) is 0 Å². The van der Waals surface area contributed by atoms with Crippen molar-refractivity contribution in [3.63, 3.8) is 0 Å². The standard InChI is InChI=1S/C14H18N4O/c1-9-4-5-12(6-10(9)2)17-14(15)16-8-13-7-11(3)18-19-13/h4-7H,8H2,1-3H3,(H3,15,16,17). The van der Waals surface area contributed by atoms with Gasteiger partial charge in [-0.05, 0) is 44.0 Å². The first-order valence-corrected chi connectivity index (χ1v) is 6.11. The van der Waals surface area contributed by atoms with Crippen molar-refractivity contribution in [2.24, 2.45) is 10.7 Å². The third kappa shape index (κ3) is 3.58. The number of aryl methyl sites for hydroxylation is 3. The van der Waals surface area contributed by atoms with Gasteiger partial charge in [0.25, 0.3) is 0 Å². The summed E-state index contributed by atoms with van der Waals surface area (Å²) in [4.78, 5) is 4.20. The van der Waals surface area contributed by atoms with E-state index in [-0.39, 0.29) is 0 Å². The fraction of sp³-hybridized carbons (Fsp3) is 0.286. The van der Waals surface area contributed by atoms with Crippen LogP contribution in [0.2, 0.25) is 0 Å². The molecule has 0 aliphatic carbocycles. The molecular formula is C14H18N4O. The number of hydrogen-bond acceptors (Lipinski definition) is 3. The van der Waals surface area contributed by atoms with Crippen LogP contribution in [0.15, 0.2) is 33.8 Å². The first-order valence-electron chi connectivity index (χ1n) is 6.11. The summed E-state index contributed by atoms with van der Waals surface area (Å²) >= 11 is 0. The number of nitrogens with one attached hydrogen (secondary N) is 1. The Bertz CT molecular complexity index is 601. The van der Waals surface area contributed by atoms with Crippen LogP contribution in [0, 0.1) is 20.8 Å². The van der Waals surface area contributed by atoms with E-state index in [1.807, 2.05) is 31.2 Å². The Kier molecular flexibility index (Phi) is 3.85. The van der Waals surface area contributed by atoms with Gasteiger partial charge in [-0.2, -0.15) is 0 Å². The lowest BCUT2D eigenvalue weighted by atomic mass is 10.1. The van der Waals surface area contributed by atoms with Crippen molar-refractivity contribution in [1.29, 1.82) is 0 Å². The molecule has 2 aromatic rings. The van der Waals surface area contributed by atoms with E-state index in [1.165, 1.54) is 11.1 Å². The van der Waals surface area contributed by atoms with Gasteiger partial charge in [0.15, 0.2) is 11.7 Å². The van der Waals surface area contributed by atoms with E-state index in [0.29, 0.717) is 18.3 Å². The smallest absolute Gasteiger partial charge is 0.193 e. The van der Waals surface area contributed by atoms with Gasteiger partial charge in [-0.1, -0.05) is 11.2 Å². The Morgan fingerprint density at radius 3 is 2.68 bits per heavy atom. The largest absolute Gasteiger partial charge is 0.370 e. The summed E-state index contributed by atoms with van der Waals surface area (Å²) in [7, 11) is 0. The monoisotopic (exact) mass is 258 g/mol. The van der Waals surface area contributed by atoms with Crippen LogP contribution in [-0.4, -0.2) is 11.1 Å². The minimum Gasteiger partial charge on any atom is -0.370 e. The second kappa shape index (κ2) is 5.56. The molecule has 0 radical (unpaired) electrons. The summed E-state index contributed by atoms with van der Waals surface area (Å²) in [6.07, 6.45) is 0. The number of benzene rings is 1. The molecular weight excluding hydrogens is 240 g/mol. The molecule has 0 fully saturated rings. The molecule has 0 aliphatic heterocycles. The lowest BCUT2D eigenvalue weighted by molar-refractivity contribution is 0.381. The number of rotatable bonds is 3. The van der Waals surface area contributed by atoms with Crippen molar-refractivity contribution in [3.8, 4) is 0 Å². The predicted molar refractivity (Wildman–Crippen MR) is 76.1 cm³/mol. The van der Waals surface area contributed by atoms with Crippen LogP contribution in [0.1, 0.15) is 22.6 Å². The van der Waals surface area contributed by atoms with Gasteiger partial charge in [-0.15, -0.1) is 0 Å². The van der Waals surface area contributed by atoms with Gasteiger partial charge in [-0.25, -0.2) is 4.99 Å². The highest BCUT2D eigenvalue weighted by atomic mass is 16.5. The first kappa shape index (κ1) is 13.1. The van der Waals surface area contributed by atoms with Crippen LogP contribution in [0.4, 0.5) is 5.69 Å². The average Bonchev–Trinajstić information content (AvgIpc) is 2.77. The molecule has 19 heavy (non-hydrogen) atoms. The van der Waals surface area contributed by atoms with Crippen molar-refractivity contribution in [1.82, 2.24) is 5.16 Å². The zero-order valence-electron chi connectivity index (χ0n) is 11.4. The average molecular weight is 258 g/mol. The highest BCUT2D eigenvalue weighted by Gasteiger charge is 2.01. The number of nitrogens with two attached hydrogens (primary N) is 1. The van der Waals surface area contributed by atoms with Crippen molar-refractivity contribution >= 4 is 11.6 Å². The zero-order chi connectivity index (χ0) is 13.8. The molecule has 0 bridgehead atoms. The quantitative estimate of drug-likeness (QED) is 0.655. The Labute approximate surface area is 112 Å². The molecule has 0 saturated heterocycles. The molecule has 2 rings (SSSR count). The lowest BCUT2D eigenvalue weighted by Gasteiger charge is -2.07. The van der Waals surface area contributed by atoms with Crippen molar-refractivity contribution < 1.29 is 4.52 Å². The third-order valence-electron chi connectivity index (χ3n) is 2.86. The van der Waals surface area contributed by atoms with Gasteiger partial charge in [0.05, 0.1) is 5.69 Å². The number of guanidine groups is 1. The highest BCUT2D eigenvalue weighted by Crippen LogP contribution is 2.13. The summed E-state index contributed by atoms with van der Waals surface area (Å²) in [5.41, 5.74) is 10.1. The van der Waals surface area contributed by atoms with Gasteiger partial charge in [-0.3, -0.25) is 0 Å². The topological polar surface area (TPSA) is 76.4 Å². The Morgan fingerprint density at radius 1 is 1.26 bits per heavy atom. The summed E-state index contributed by atoms with van der Waals surface area (Å²) in [6.45, 7) is 6.38. The van der Waals surface area contributed by atoms with E-state index in [4.69, 9.17) is 10.3 Å².